The third-order valence-corrected chi connectivity index (χ3v) is 2.62. The lowest BCUT2D eigenvalue weighted by Gasteiger charge is -2.31. The monoisotopic (exact) mass is 158 g/mol. The predicted octanol–water partition coefficient (Wildman–Crippen LogP) is 0.392. The zero-order valence-corrected chi connectivity index (χ0v) is 6.72. The minimum Gasteiger partial charge on any atom is -0.313 e. The molecule has 0 saturated carbocycles. The first-order valence-corrected chi connectivity index (χ1v) is 4.44. The number of hydrogen-bond acceptors (Lipinski definition) is 2. The van der Waals surface area contributed by atoms with E-state index in [1.165, 1.54) is 6.42 Å². The quantitative estimate of drug-likeness (QED) is 0.625. The fourth-order valence-electron chi connectivity index (χ4n) is 1.77. The van der Waals surface area contributed by atoms with Gasteiger partial charge in [-0.3, -0.25) is 4.90 Å². The van der Waals surface area contributed by atoms with Gasteiger partial charge in [-0.05, 0) is 19.4 Å². The lowest BCUT2D eigenvalue weighted by molar-refractivity contribution is 0.226. The average Bonchev–Trinajstić information content (AvgIpc) is 2.27. The van der Waals surface area contributed by atoms with Crippen LogP contribution in [-0.4, -0.2) is 43.3 Å². The Balaban J connectivity index is 1.70. The Kier molecular flexibility index (Phi) is 2.09. The Morgan fingerprint density at radius 1 is 1.45 bits per heavy atom. The smallest absolute Gasteiger partial charge is 0.114 e. The van der Waals surface area contributed by atoms with Crippen LogP contribution in [0.1, 0.15) is 12.8 Å². The van der Waals surface area contributed by atoms with Gasteiger partial charge < -0.3 is 5.32 Å². The molecule has 0 amide bonds. The van der Waals surface area contributed by atoms with Crippen LogP contribution in [0.15, 0.2) is 0 Å². The van der Waals surface area contributed by atoms with E-state index in [0.717, 1.165) is 26.1 Å². The summed E-state index contributed by atoms with van der Waals surface area (Å²) in [5.41, 5.74) is 0. The minimum atomic E-state index is -0.560. The first-order valence-electron chi connectivity index (χ1n) is 4.44. The van der Waals surface area contributed by atoms with Crippen molar-refractivity contribution in [2.75, 3.05) is 26.2 Å². The summed E-state index contributed by atoms with van der Waals surface area (Å²) < 4.78 is 12.7. The van der Waals surface area contributed by atoms with Crippen molar-refractivity contribution < 1.29 is 4.39 Å². The molecule has 2 rings (SSSR count). The predicted molar refractivity (Wildman–Crippen MR) is 42.4 cm³/mol. The second-order valence-corrected chi connectivity index (χ2v) is 3.59. The van der Waals surface area contributed by atoms with E-state index in [1.807, 2.05) is 0 Å². The third kappa shape index (κ3) is 1.71. The third-order valence-electron chi connectivity index (χ3n) is 2.62. The number of alkyl halides is 1. The van der Waals surface area contributed by atoms with Gasteiger partial charge in [-0.25, -0.2) is 4.39 Å². The minimum absolute atomic E-state index is 0.560. The summed E-state index contributed by atoms with van der Waals surface area (Å²) in [7, 11) is 0. The van der Waals surface area contributed by atoms with Gasteiger partial charge in [0.15, 0.2) is 0 Å². The molecule has 2 aliphatic rings. The lowest BCUT2D eigenvalue weighted by atomic mass is 10.1. The van der Waals surface area contributed by atoms with E-state index in [9.17, 15) is 4.39 Å². The molecule has 0 radical (unpaired) electrons. The molecule has 0 bridgehead atoms. The van der Waals surface area contributed by atoms with Gasteiger partial charge in [-0.2, -0.15) is 0 Å². The van der Waals surface area contributed by atoms with Gasteiger partial charge >= 0.3 is 0 Å². The van der Waals surface area contributed by atoms with Crippen LogP contribution in [0.3, 0.4) is 0 Å². The van der Waals surface area contributed by atoms with Crippen LogP contribution in [0.2, 0.25) is 0 Å². The Bertz CT molecular complexity index is 136. The summed E-state index contributed by atoms with van der Waals surface area (Å²) >= 11 is 0. The highest BCUT2D eigenvalue weighted by Gasteiger charge is 2.26. The maximum Gasteiger partial charge on any atom is 0.114 e. The van der Waals surface area contributed by atoms with Crippen LogP contribution in [0.25, 0.3) is 0 Å². The van der Waals surface area contributed by atoms with Crippen molar-refractivity contribution in [3.63, 3.8) is 0 Å². The maximum atomic E-state index is 12.7. The number of hydrogen-bond donors (Lipinski definition) is 1. The molecule has 2 nitrogen and oxygen atoms in total. The molecule has 2 atom stereocenters. The number of nitrogens with zero attached hydrogens (tertiary/aromatic N) is 1. The van der Waals surface area contributed by atoms with Gasteiger partial charge in [0.05, 0.1) is 0 Å². The molecule has 2 saturated heterocycles. The van der Waals surface area contributed by atoms with Crippen molar-refractivity contribution in [1.29, 1.82) is 0 Å². The van der Waals surface area contributed by atoms with Crippen LogP contribution in [0.5, 0.6) is 0 Å². The molecule has 0 aromatic carbocycles. The second kappa shape index (κ2) is 3.07. The summed E-state index contributed by atoms with van der Waals surface area (Å²) in [4.78, 5) is 2.22. The Morgan fingerprint density at radius 2 is 2.27 bits per heavy atom. The molecule has 3 heteroatoms. The van der Waals surface area contributed by atoms with Gasteiger partial charge in [0, 0.05) is 25.7 Å². The Hall–Kier alpha value is -0.150. The first-order chi connectivity index (χ1) is 5.34. The molecule has 0 aromatic heterocycles. The molecular formula is C8H15FN2. The van der Waals surface area contributed by atoms with Crippen molar-refractivity contribution in [2.24, 2.45) is 0 Å². The van der Waals surface area contributed by atoms with E-state index in [0.29, 0.717) is 12.6 Å². The summed E-state index contributed by atoms with van der Waals surface area (Å²) in [6, 6.07) is 0.653. The van der Waals surface area contributed by atoms with Gasteiger partial charge in [0.2, 0.25) is 0 Å². The van der Waals surface area contributed by atoms with E-state index in [2.05, 4.69) is 10.2 Å². The van der Waals surface area contributed by atoms with Gasteiger partial charge in [-0.1, -0.05) is 0 Å². The molecule has 0 aromatic rings. The van der Waals surface area contributed by atoms with E-state index >= 15 is 0 Å². The van der Waals surface area contributed by atoms with Crippen molar-refractivity contribution >= 4 is 0 Å². The van der Waals surface area contributed by atoms with Crippen molar-refractivity contribution in [3.8, 4) is 0 Å². The molecule has 0 aliphatic carbocycles. The van der Waals surface area contributed by atoms with Crippen LogP contribution < -0.4 is 5.32 Å². The number of rotatable bonds is 2. The van der Waals surface area contributed by atoms with Crippen LogP contribution in [-0.2, 0) is 0 Å². The van der Waals surface area contributed by atoms with Crippen LogP contribution >= 0.6 is 0 Å². The highest BCUT2D eigenvalue weighted by atomic mass is 19.1. The van der Waals surface area contributed by atoms with E-state index < -0.39 is 6.17 Å². The second-order valence-electron chi connectivity index (χ2n) is 3.59. The van der Waals surface area contributed by atoms with E-state index in [4.69, 9.17) is 0 Å². The summed E-state index contributed by atoms with van der Waals surface area (Å²) in [6.07, 6.45) is 1.45. The first kappa shape index (κ1) is 7.50. The highest BCUT2D eigenvalue weighted by molar-refractivity contribution is 4.84. The molecule has 1 N–H and O–H groups in total. The normalized spacial score (nSPS) is 39.0. The SMILES string of the molecule is FC1CCN(CC2CCN2)C1. The Labute approximate surface area is 66.8 Å². The molecule has 2 heterocycles. The molecular weight excluding hydrogens is 143 g/mol. The Morgan fingerprint density at radius 3 is 2.73 bits per heavy atom. The molecule has 2 unspecified atom stereocenters. The van der Waals surface area contributed by atoms with Crippen molar-refractivity contribution in [2.45, 2.75) is 25.1 Å². The van der Waals surface area contributed by atoms with E-state index in [-0.39, 0.29) is 0 Å². The standard InChI is InChI=1S/C8H15FN2/c9-7-2-4-11(5-7)6-8-1-3-10-8/h7-8,10H,1-6H2. The average molecular weight is 158 g/mol. The number of halogens is 1. The summed E-state index contributed by atoms with van der Waals surface area (Å²) in [5.74, 6) is 0. The van der Waals surface area contributed by atoms with Crippen molar-refractivity contribution in [1.82, 2.24) is 10.2 Å². The highest BCUT2D eigenvalue weighted by Crippen LogP contribution is 2.14. The molecule has 2 fully saturated rings. The molecule has 0 spiro atoms. The number of likely N-dealkylation sites (tertiary alicyclic amines) is 1. The molecule has 11 heavy (non-hydrogen) atoms. The van der Waals surface area contributed by atoms with Crippen LogP contribution in [0, 0.1) is 0 Å². The summed E-state index contributed by atoms with van der Waals surface area (Å²) in [5, 5.41) is 3.32. The molecule has 2 aliphatic heterocycles. The van der Waals surface area contributed by atoms with Gasteiger partial charge in [0.25, 0.3) is 0 Å². The summed E-state index contributed by atoms with van der Waals surface area (Å²) in [6.45, 7) is 3.83. The largest absolute Gasteiger partial charge is 0.313 e. The van der Waals surface area contributed by atoms with Gasteiger partial charge in [-0.15, -0.1) is 0 Å². The van der Waals surface area contributed by atoms with E-state index in [1.54, 1.807) is 0 Å². The zero-order chi connectivity index (χ0) is 7.68. The maximum absolute atomic E-state index is 12.7. The topological polar surface area (TPSA) is 15.3 Å². The zero-order valence-electron chi connectivity index (χ0n) is 6.72. The number of nitrogens with one attached hydrogen (secondary N) is 1. The van der Waals surface area contributed by atoms with Crippen molar-refractivity contribution in [3.05, 3.63) is 0 Å². The van der Waals surface area contributed by atoms with Crippen LogP contribution in [0.4, 0.5) is 4.39 Å². The lowest BCUT2D eigenvalue weighted by Crippen LogP contribution is -2.49. The fourth-order valence-corrected chi connectivity index (χ4v) is 1.77. The fraction of sp³-hybridized carbons (Fsp3) is 1.00. The van der Waals surface area contributed by atoms with Gasteiger partial charge in [0.1, 0.15) is 6.17 Å². The molecule has 64 valence electrons.